The van der Waals surface area contributed by atoms with Crippen molar-refractivity contribution in [3.63, 3.8) is 0 Å². The molecule has 1 fully saturated rings. The molecule has 1 aliphatic rings. The summed E-state index contributed by atoms with van der Waals surface area (Å²) in [6, 6.07) is 4.24. The molecule has 29 heavy (non-hydrogen) atoms. The minimum absolute atomic E-state index is 0.0194. The Balaban J connectivity index is 1.64. The van der Waals surface area contributed by atoms with E-state index in [-0.39, 0.29) is 29.0 Å². The van der Waals surface area contributed by atoms with Crippen molar-refractivity contribution in [2.24, 2.45) is 0 Å². The van der Waals surface area contributed by atoms with E-state index < -0.39 is 11.7 Å². The molecule has 2 amide bonds. The van der Waals surface area contributed by atoms with E-state index in [0.717, 1.165) is 12.1 Å². The Morgan fingerprint density at radius 3 is 2.24 bits per heavy atom. The standard InChI is InChI=1S/C20H22F3N3O3/c1-12-16(19(28)25(2)3)24-17(29-12)13-8-10-26(11-9-13)18(27)14-4-6-15(7-5-14)20(21,22)23/h4-7,13H,8-11H2,1-3H3. The third-order valence-corrected chi connectivity index (χ3v) is 5.01. The fourth-order valence-electron chi connectivity index (χ4n) is 3.32. The van der Waals surface area contributed by atoms with E-state index in [4.69, 9.17) is 4.42 Å². The van der Waals surface area contributed by atoms with Gasteiger partial charge in [0.1, 0.15) is 5.76 Å². The third kappa shape index (κ3) is 4.44. The number of likely N-dealkylation sites (tertiary alicyclic amines) is 1. The predicted octanol–water partition coefficient (Wildman–Crippen LogP) is 3.72. The number of hydrogen-bond acceptors (Lipinski definition) is 4. The predicted molar refractivity (Wildman–Crippen MR) is 98.6 cm³/mol. The zero-order chi connectivity index (χ0) is 21.3. The number of amides is 2. The summed E-state index contributed by atoms with van der Waals surface area (Å²) in [6.45, 7) is 2.56. The van der Waals surface area contributed by atoms with Crippen molar-refractivity contribution in [3.8, 4) is 0 Å². The second-order valence-corrected chi connectivity index (χ2v) is 7.30. The molecule has 3 rings (SSSR count). The maximum Gasteiger partial charge on any atom is 0.416 e. The molecule has 2 aromatic rings. The van der Waals surface area contributed by atoms with Gasteiger partial charge in [0.05, 0.1) is 5.56 Å². The average Bonchev–Trinajstić information content (AvgIpc) is 3.08. The van der Waals surface area contributed by atoms with Crippen LogP contribution in [0.4, 0.5) is 13.2 Å². The lowest BCUT2D eigenvalue weighted by Gasteiger charge is -2.30. The number of hydrogen-bond donors (Lipinski definition) is 0. The summed E-state index contributed by atoms with van der Waals surface area (Å²) in [5.74, 6) is 0.391. The van der Waals surface area contributed by atoms with Crippen LogP contribution in [0.2, 0.25) is 0 Å². The quantitative estimate of drug-likeness (QED) is 0.775. The molecule has 1 aromatic carbocycles. The normalized spacial score (nSPS) is 15.4. The molecule has 1 saturated heterocycles. The van der Waals surface area contributed by atoms with Crippen molar-refractivity contribution < 1.29 is 27.2 Å². The van der Waals surface area contributed by atoms with Gasteiger partial charge in [-0.3, -0.25) is 9.59 Å². The van der Waals surface area contributed by atoms with Gasteiger partial charge in [0, 0.05) is 38.7 Å². The summed E-state index contributed by atoms with van der Waals surface area (Å²) < 4.78 is 43.7. The molecule has 0 atom stereocenters. The van der Waals surface area contributed by atoms with Crippen LogP contribution in [0.1, 0.15) is 56.8 Å². The van der Waals surface area contributed by atoms with Crippen LogP contribution in [0.15, 0.2) is 28.7 Å². The van der Waals surface area contributed by atoms with Gasteiger partial charge in [0.25, 0.3) is 11.8 Å². The van der Waals surface area contributed by atoms with Gasteiger partial charge < -0.3 is 14.2 Å². The largest absolute Gasteiger partial charge is 0.445 e. The maximum absolute atomic E-state index is 12.7. The maximum atomic E-state index is 12.7. The Morgan fingerprint density at radius 2 is 1.72 bits per heavy atom. The number of benzene rings is 1. The summed E-state index contributed by atoms with van der Waals surface area (Å²) in [4.78, 5) is 32.1. The van der Waals surface area contributed by atoms with Crippen molar-refractivity contribution in [2.45, 2.75) is 31.9 Å². The van der Waals surface area contributed by atoms with Gasteiger partial charge >= 0.3 is 6.18 Å². The molecule has 0 unspecified atom stereocenters. The van der Waals surface area contributed by atoms with E-state index in [1.54, 1.807) is 25.9 Å². The lowest BCUT2D eigenvalue weighted by Crippen LogP contribution is -2.38. The number of rotatable bonds is 3. The number of alkyl halides is 3. The number of oxazole rings is 1. The highest BCUT2D eigenvalue weighted by Crippen LogP contribution is 2.31. The Morgan fingerprint density at radius 1 is 1.14 bits per heavy atom. The average molecular weight is 409 g/mol. The van der Waals surface area contributed by atoms with Crippen molar-refractivity contribution in [1.82, 2.24) is 14.8 Å². The third-order valence-electron chi connectivity index (χ3n) is 5.01. The SMILES string of the molecule is Cc1oc(C2CCN(C(=O)c3ccc(C(F)(F)F)cc3)CC2)nc1C(=O)N(C)C. The number of carbonyl (C=O) groups excluding carboxylic acids is 2. The second-order valence-electron chi connectivity index (χ2n) is 7.30. The number of piperidine rings is 1. The molecule has 6 nitrogen and oxygen atoms in total. The highest BCUT2D eigenvalue weighted by Gasteiger charge is 2.32. The molecule has 0 radical (unpaired) electrons. The first-order chi connectivity index (χ1) is 13.6. The minimum atomic E-state index is -4.43. The second kappa shape index (κ2) is 7.88. The molecule has 0 saturated carbocycles. The van der Waals surface area contributed by atoms with Crippen LogP contribution in [0, 0.1) is 6.92 Å². The molecular weight excluding hydrogens is 387 g/mol. The fraction of sp³-hybridized carbons (Fsp3) is 0.450. The molecule has 2 heterocycles. The summed E-state index contributed by atoms with van der Waals surface area (Å²) in [5, 5.41) is 0. The number of halogens is 3. The van der Waals surface area contributed by atoms with Crippen LogP contribution in [-0.2, 0) is 6.18 Å². The van der Waals surface area contributed by atoms with E-state index in [1.165, 1.54) is 17.0 Å². The first-order valence-corrected chi connectivity index (χ1v) is 9.23. The number of carbonyl (C=O) groups is 2. The summed E-state index contributed by atoms with van der Waals surface area (Å²) in [5.41, 5.74) is -0.273. The summed E-state index contributed by atoms with van der Waals surface area (Å²) in [7, 11) is 3.28. The van der Waals surface area contributed by atoms with E-state index in [1.807, 2.05) is 0 Å². The zero-order valence-corrected chi connectivity index (χ0v) is 16.4. The Labute approximate surface area is 166 Å². The number of aromatic nitrogens is 1. The van der Waals surface area contributed by atoms with Crippen LogP contribution in [0.25, 0.3) is 0 Å². The number of nitrogens with zero attached hydrogens (tertiary/aromatic N) is 3. The van der Waals surface area contributed by atoms with Gasteiger partial charge in [0.2, 0.25) is 0 Å². The Bertz CT molecular complexity index is 896. The fourth-order valence-corrected chi connectivity index (χ4v) is 3.32. The molecule has 1 aromatic heterocycles. The molecule has 1 aliphatic heterocycles. The van der Waals surface area contributed by atoms with Crippen LogP contribution in [0.3, 0.4) is 0 Å². The molecule has 0 aliphatic carbocycles. The highest BCUT2D eigenvalue weighted by atomic mass is 19.4. The summed E-state index contributed by atoms with van der Waals surface area (Å²) in [6.07, 6.45) is -3.23. The van der Waals surface area contributed by atoms with Crippen LogP contribution >= 0.6 is 0 Å². The highest BCUT2D eigenvalue weighted by molar-refractivity contribution is 5.94. The van der Waals surface area contributed by atoms with Gasteiger partial charge in [-0.25, -0.2) is 4.98 Å². The van der Waals surface area contributed by atoms with E-state index in [2.05, 4.69) is 4.98 Å². The van der Waals surface area contributed by atoms with Gasteiger partial charge in [-0.15, -0.1) is 0 Å². The van der Waals surface area contributed by atoms with Crippen LogP contribution < -0.4 is 0 Å². The van der Waals surface area contributed by atoms with Crippen LogP contribution in [-0.4, -0.2) is 53.8 Å². The topological polar surface area (TPSA) is 66.7 Å². The Hall–Kier alpha value is -2.84. The summed E-state index contributed by atoms with van der Waals surface area (Å²) >= 11 is 0. The first-order valence-electron chi connectivity index (χ1n) is 9.23. The van der Waals surface area contributed by atoms with Crippen molar-refractivity contribution in [1.29, 1.82) is 0 Å². The molecule has 156 valence electrons. The monoisotopic (exact) mass is 409 g/mol. The van der Waals surface area contributed by atoms with Gasteiger partial charge in [-0.05, 0) is 44.0 Å². The van der Waals surface area contributed by atoms with Crippen molar-refractivity contribution >= 4 is 11.8 Å². The zero-order valence-electron chi connectivity index (χ0n) is 16.4. The Kier molecular flexibility index (Phi) is 5.68. The first kappa shape index (κ1) is 20.9. The van der Waals surface area contributed by atoms with Crippen LogP contribution in [0.5, 0.6) is 0 Å². The van der Waals surface area contributed by atoms with Crippen molar-refractivity contribution in [2.75, 3.05) is 27.2 Å². The lowest BCUT2D eigenvalue weighted by atomic mass is 9.96. The van der Waals surface area contributed by atoms with E-state index in [9.17, 15) is 22.8 Å². The van der Waals surface area contributed by atoms with Gasteiger partial charge in [-0.2, -0.15) is 13.2 Å². The molecule has 0 spiro atoms. The van der Waals surface area contributed by atoms with E-state index in [0.29, 0.717) is 37.6 Å². The van der Waals surface area contributed by atoms with Gasteiger partial charge in [-0.1, -0.05) is 0 Å². The molecular formula is C20H22F3N3O3. The number of aryl methyl sites for hydroxylation is 1. The smallest absolute Gasteiger partial charge is 0.416 e. The molecule has 0 N–H and O–H groups in total. The van der Waals surface area contributed by atoms with Crippen molar-refractivity contribution in [3.05, 3.63) is 52.7 Å². The molecule has 0 bridgehead atoms. The lowest BCUT2D eigenvalue weighted by molar-refractivity contribution is -0.137. The van der Waals surface area contributed by atoms with E-state index >= 15 is 0 Å². The minimum Gasteiger partial charge on any atom is -0.445 e. The molecule has 9 heteroatoms. The van der Waals surface area contributed by atoms with Gasteiger partial charge in [0.15, 0.2) is 11.6 Å².